The van der Waals surface area contributed by atoms with Crippen LogP contribution >= 0.6 is 0 Å². The van der Waals surface area contributed by atoms with Crippen LogP contribution in [0.2, 0.25) is 0 Å². The molecule has 1 saturated carbocycles. The normalized spacial score (nSPS) is 25.6. The van der Waals surface area contributed by atoms with Gasteiger partial charge in [0.1, 0.15) is 17.1 Å². The van der Waals surface area contributed by atoms with Gasteiger partial charge in [-0.05, 0) is 32.8 Å². The maximum Gasteiger partial charge on any atom is 0.425 e. The van der Waals surface area contributed by atoms with E-state index < -0.39 is 18.2 Å². The Morgan fingerprint density at radius 3 is 2.69 bits per heavy atom. The molecule has 170 valence electrons. The Bertz CT molecular complexity index is 1210. The highest BCUT2D eigenvalue weighted by Crippen LogP contribution is 2.58. The largest absolute Gasteiger partial charge is 0.479 e. The van der Waals surface area contributed by atoms with Crippen molar-refractivity contribution in [3.8, 4) is 5.75 Å². The molecule has 8 nitrogen and oxygen atoms in total. The van der Waals surface area contributed by atoms with E-state index in [4.69, 9.17) is 9.47 Å². The molecule has 1 amide bonds. The van der Waals surface area contributed by atoms with Crippen molar-refractivity contribution in [2.24, 2.45) is 7.05 Å². The molecule has 2 bridgehead atoms. The first-order valence-electron chi connectivity index (χ1n) is 10.2. The molecule has 3 aromatic rings. The summed E-state index contributed by atoms with van der Waals surface area (Å²) < 4.78 is 53.6. The molecule has 1 aliphatic carbocycles. The number of fused-ring (bicyclic) bond motifs is 2. The van der Waals surface area contributed by atoms with E-state index in [-0.39, 0.29) is 28.1 Å². The van der Waals surface area contributed by atoms with Gasteiger partial charge in [-0.2, -0.15) is 18.3 Å². The number of rotatable bonds is 5. The molecule has 2 aliphatic heterocycles. The number of hydrogen-bond acceptors (Lipinski definition) is 5. The summed E-state index contributed by atoms with van der Waals surface area (Å²) in [7, 11) is 1.66. The van der Waals surface area contributed by atoms with E-state index in [9.17, 15) is 18.0 Å². The van der Waals surface area contributed by atoms with Crippen molar-refractivity contribution in [1.29, 1.82) is 0 Å². The van der Waals surface area contributed by atoms with Gasteiger partial charge >= 0.3 is 6.18 Å². The first-order chi connectivity index (χ1) is 15.0. The molecule has 6 rings (SSSR count). The lowest BCUT2D eigenvalue weighted by atomic mass is 9.62. The number of alkyl halides is 3. The number of anilines is 1. The summed E-state index contributed by atoms with van der Waals surface area (Å²) in [5.74, 6) is -0.685. The second-order valence-electron chi connectivity index (χ2n) is 8.95. The summed E-state index contributed by atoms with van der Waals surface area (Å²) >= 11 is 0. The lowest BCUT2D eigenvalue weighted by Crippen LogP contribution is -2.45. The highest BCUT2D eigenvalue weighted by atomic mass is 19.4. The molecule has 0 aromatic carbocycles. The first-order valence-corrected chi connectivity index (χ1v) is 10.2. The number of carbonyl (C=O) groups is 1. The topological polar surface area (TPSA) is 82.7 Å². The Balaban J connectivity index is 1.51. The predicted octanol–water partition coefficient (Wildman–Crippen LogP) is 3.47. The molecule has 2 saturated heterocycles. The van der Waals surface area contributed by atoms with Gasteiger partial charge in [-0.1, -0.05) is 0 Å². The standard InChI is InChI=1S/C21H22F3N5O3/c1-12(21(22,23)24)32-15-6-17-26-16(20-9-19(2,10-20)31-11-20)8-29(17)7-14(15)25-18(30)13-4-5-28(3)27-13/h4-8,12H,9-11H2,1-3H3,(H,25,30). The Morgan fingerprint density at radius 1 is 1.34 bits per heavy atom. The van der Waals surface area contributed by atoms with Gasteiger partial charge in [-0.25, -0.2) is 4.98 Å². The molecule has 1 atom stereocenters. The zero-order valence-electron chi connectivity index (χ0n) is 17.7. The highest BCUT2D eigenvalue weighted by Gasteiger charge is 2.61. The average Bonchev–Trinajstić information content (AvgIpc) is 3.43. The van der Waals surface area contributed by atoms with Crippen LogP contribution in [0.5, 0.6) is 5.75 Å². The Kier molecular flexibility index (Phi) is 4.36. The second-order valence-corrected chi connectivity index (χ2v) is 8.95. The van der Waals surface area contributed by atoms with E-state index in [0.717, 1.165) is 25.5 Å². The first kappa shape index (κ1) is 20.8. The molecule has 5 heterocycles. The van der Waals surface area contributed by atoms with E-state index in [1.54, 1.807) is 17.6 Å². The van der Waals surface area contributed by atoms with Crippen LogP contribution in [0.1, 0.15) is 42.9 Å². The summed E-state index contributed by atoms with van der Waals surface area (Å²) in [5, 5.41) is 6.64. The van der Waals surface area contributed by atoms with Crippen molar-refractivity contribution in [3.63, 3.8) is 0 Å². The molecule has 3 aromatic heterocycles. The molecular weight excluding hydrogens is 427 g/mol. The highest BCUT2D eigenvalue weighted by molar-refractivity contribution is 6.03. The third-order valence-electron chi connectivity index (χ3n) is 6.18. The smallest absolute Gasteiger partial charge is 0.425 e. The van der Waals surface area contributed by atoms with Crippen molar-refractivity contribution >= 4 is 17.2 Å². The Labute approximate surface area is 181 Å². The summed E-state index contributed by atoms with van der Waals surface area (Å²) in [6.07, 6.45) is -0.000991. The van der Waals surface area contributed by atoms with Crippen LogP contribution in [0.4, 0.5) is 18.9 Å². The molecule has 3 fully saturated rings. The molecule has 11 heteroatoms. The zero-order chi connectivity index (χ0) is 22.9. The third kappa shape index (κ3) is 3.40. The minimum absolute atomic E-state index is 0.0897. The van der Waals surface area contributed by atoms with Crippen molar-refractivity contribution in [2.45, 2.75) is 50.0 Å². The summed E-state index contributed by atoms with van der Waals surface area (Å²) in [6.45, 7) is 3.53. The van der Waals surface area contributed by atoms with Crippen LogP contribution in [0.25, 0.3) is 5.65 Å². The zero-order valence-corrected chi connectivity index (χ0v) is 17.7. The molecule has 0 spiro atoms. The van der Waals surface area contributed by atoms with E-state index in [1.165, 1.54) is 23.0 Å². The van der Waals surface area contributed by atoms with E-state index in [2.05, 4.69) is 22.3 Å². The van der Waals surface area contributed by atoms with Crippen molar-refractivity contribution in [2.75, 3.05) is 11.9 Å². The maximum atomic E-state index is 13.2. The van der Waals surface area contributed by atoms with Gasteiger partial charge in [0.15, 0.2) is 11.8 Å². The Hall–Kier alpha value is -3.08. The van der Waals surface area contributed by atoms with E-state index >= 15 is 0 Å². The fourth-order valence-corrected chi connectivity index (χ4v) is 4.59. The molecule has 0 radical (unpaired) electrons. The van der Waals surface area contributed by atoms with Crippen LogP contribution in [-0.2, 0) is 17.2 Å². The number of imidazole rings is 1. The number of aryl methyl sites for hydroxylation is 1. The number of nitrogens with one attached hydrogen (secondary N) is 1. The quantitative estimate of drug-likeness (QED) is 0.645. The molecular formula is C21H22F3N5O3. The molecule has 32 heavy (non-hydrogen) atoms. The third-order valence-corrected chi connectivity index (χ3v) is 6.18. The van der Waals surface area contributed by atoms with Crippen LogP contribution in [0.3, 0.4) is 0 Å². The van der Waals surface area contributed by atoms with Gasteiger partial charge in [0, 0.05) is 37.1 Å². The van der Waals surface area contributed by atoms with Crippen molar-refractivity contribution in [3.05, 3.63) is 42.1 Å². The number of hydrogen-bond donors (Lipinski definition) is 1. The van der Waals surface area contributed by atoms with Gasteiger partial charge in [0.05, 0.1) is 17.9 Å². The van der Waals surface area contributed by atoms with Crippen molar-refractivity contribution < 1.29 is 27.4 Å². The maximum absolute atomic E-state index is 13.2. The number of amides is 1. The summed E-state index contributed by atoms with van der Waals surface area (Å²) in [6, 6.07) is 2.92. The fraction of sp³-hybridized carbons (Fsp3) is 0.476. The SMILES string of the molecule is CC(Oc1cc2nc(C34COC(C)(C3)C4)cn2cc1NC(=O)c1ccn(C)n1)C(F)(F)F. The van der Waals surface area contributed by atoms with Gasteiger partial charge in [0.25, 0.3) is 5.91 Å². The van der Waals surface area contributed by atoms with Crippen LogP contribution in [0, 0.1) is 0 Å². The number of ether oxygens (including phenoxy) is 2. The number of nitrogens with zero attached hydrogens (tertiary/aromatic N) is 4. The fourth-order valence-electron chi connectivity index (χ4n) is 4.59. The number of halogens is 3. The van der Waals surface area contributed by atoms with Gasteiger partial charge < -0.3 is 19.2 Å². The molecule has 1 unspecified atom stereocenters. The van der Waals surface area contributed by atoms with E-state index in [1.807, 2.05) is 6.20 Å². The van der Waals surface area contributed by atoms with Gasteiger partial charge in [0.2, 0.25) is 0 Å². The molecule has 3 aliphatic rings. The predicted molar refractivity (Wildman–Crippen MR) is 108 cm³/mol. The lowest BCUT2D eigenvalue weighted by molar-refractivity contribution is -0.189. The van der Waals surface area contributed by atoms with Crippen LogP contribution in [0.15, 0.2) is 30.7 Å². The van der Waals surface area contributed by atoms with Crippen LogP contribution in [-0.4, -0.2) is 49.6 Å². The van der Waals surface area contributed by atoms with Gasteiger partial charge in [-0.15, -0.1) is 0 Å². The van der Waals surface area contributed by atoms with Crippen molar-refractivity contribution in [1.82, 2.24) is 19.2 Å². The minimum atomic E-state index is -4.56. The summed E-state index contributed by atoms with van der Waals surface area (Å²) in [4.78, 5) is 17.2. The number of carbonyl (C=O) groups excluding carboxylic acids is 1. The second kappa shape index (κ2) is 6.71. The molecule has 1 N–H and O–H groups in total. The summed E-state index contributed by atoms with van der Waals surface area (Å²) in [5.41, 5.74) is 1.15. The monoisotopic (exact) mass is 449 g/mol. The van der Waals surface area contributed by atoms with Crippen LogP contribution < -0.4 is 10.1 Å². The number of pyridine rings is 1. The minimum Gasteiger partial charge on any atom is -0.479 e. The van der Waals surface area contributed by atoms with Gasteiger partial charge in [-0.3, -0.25) is 9.48 Å². The number of aromatic nitrogens is 4. The average molecular weight is 449 g/mol. The lowest BCUT2D eigenvalue weighted by Gasteiger charge is -2.41. The van der Waals surface area contributed by atoms with E-state index in [0.29, 0.717) is 12.3 Å². The Morgan fingerprint density at radius 2 is 2.09 bits per heavy atom.